The molecule has 7 heteroatoms. The van der Waals surface area contributed by atoms with Gasteiger partial charge in [-0.25, -0.2) is 12.6 Å². The van der Waals surface area contributed by atoms with Crippen LogP contribution in [0.1, 0.15) is 0 Å². The van der Waals surface area contributed by atoms with Crippen molar-refractivity contribution in [1.82, 2.24) is 0 Å². The van der Waals surface area contributed by atoms with E-state index in [0.29, 0.717) is 5.69 Å². The highest BCUT2D eigenvalue weighted by Gasteiger charge is 2.09. The second-order valence-corrected chi connectivity index (χ2v) is 8.32. The summed E-state index contributed by atoms with van der Waals surface area (Å²) < 4.78 is 37.2. The van der Waals surface area contributed by atoms with Gasteiger partial charge in [0.2, 0.25) is 0 Å². The Balaban J connectivity index is 3.34. The summed E-state index contributed by atoms with van der Waals surface area (Å²) in [6.07, 6.45) is 2.93. The van der Waals surface area contributed by atoms with Gasteiger partial charge >= 0.3 is 0 Å². The molecule has 0 fully saturated rings. The normalized spacial score (nSPS) is 12.5. The van der Waals surface area contributed by atoms with Gasteiger partial charge in [-0.15, -0.1) is 0 Å². The molecule has 0 atom stereocenters. The molecule has 0 saturated heterocycles. The Hall–Kier alpha value is -0.590. The molecule has 4 nitrogen and oxygen atoms in total. The Kier molecular flexibility index (Phi) is 3.42. The number of nitrogens with zero attached hydrogens (tertiary/aromatic N) is 1. The van der Waals surface area contributed by atoms with Gasteiger partial charge in [-0.3, -0.25) is 0 Å². The summed E-state index contributed by atoms with van der Waals surface area (Å²) in [6, 6.07) is 5.71. The highest BCUT2D eigenvalue weighted by Crippen LogP contribution is 2.21. The fourth-order valence-electron chi connectivity index (χ4n) is 0.946. The van der Waals surface area contributed by atoms with Gasteiger partial charge in [0.05, 0.1) is 10.6 Å². The molecule has 15 heavy (non-hydrogen) atoms. The number of hydrogen-bond donors (Lipinski definition) is 0. The Morgan fingerprint density at radius 3 is 2.27 bits per heavy atom. The van der Waals surface area contributed by atoms with Crippen LogP contribution >= 0.6 is 10.7 Å². The third-order valence-electron chi connectivity index (χ3n) is 1.42. The van der Waals surface area contributed by atoms with Crippen LogP contribution in [0.15, 0.2) is 33.5 Å². The van der Waals surface area contributed by atoms with Crippen molar-refractivity contribution in [3.63, 3.8) is 0 Å². The monoisotopic (exact) mass is 267 g/mol. The lowest BCUT2D eigenvalue weighted by Crippen LogP contribution is -1.91. The molecule has 0 aromatic heterocycles. The van der Waals surface area contributed by atoms with Crippen molar-refractivity contribution in [3.8, 4) is 0 Å². The van der Waals surface area contributed by atoms with Gasteiger partial charge in [-0.1, -0.05) is 6.07 Å². The Bertz CT molecular complexity index is 578. The molecule has 1 aromatic rings. The standard InChI is InChI=1S/C8H10ClNO3S2/c1-14(2,11)10-7-4-3-5-8(6-7)15(9,12)13/h3-6H,1-2H3. The summed E-state index contributed by atoms with van der Waals surface area (Å²) in [5.41, 5.74) is 0.340. The fourth-order valence-corrected chi connectivity index (χ4v) is 2.36. The maximum Gasteiger partial charge on any atom is 0.261 e. The molecule has 0 bridgehead atoms. The summed E-state index contributed by atoms with van der Waals surface area (Å²) in [5.74, 6) is 0. The largest absolute Gasteiger partial charge is 0.261 e. The molecule has 1 rings (SSSR count). The SMILES string of the molecule is CS(C)(=O)=Nc1cccc(S(=O)(=O)Cl)c1. The Labute approximate surface area is 93.9 Å². The zero-order chi connectivity index (χ0) is 11.7. The van der Waals surface area contributed by atoms with Crippen molar-refractivity contribution in [2.45, 2.75) is 4.90 Å². The van der Waals surface area contributed by atoms with Crippen molar-refractivity contribution in [2.75, 3.05) is 12.5 Å². The molecule has 84 valence electrons. The first-order valence-electron chi connectivity index (χ1n) is 3.90. The molecule has 0 aliphatic rings. The molecule has 0 spiro atoms. The minimum atomic E-state index is -3.76. The van der Waals surface area contributed by atoms with Gasteiger partial charge in [0.15, 0.2) is 0 Å². The second-order valence-electron chi connectivity index (χ2n) is 3.21. The lowest BCUT2D eigenvalue weighted by Gasteiger charge is -1.99. The van der Waals surface area contributed by atoms with Crippen molar-refractivity contribution >= 4 is 35.1 Å². The summed E-state index contributed by atoms with van der Waals surface area (Å²) in [7, 11) is -0.903. The van der Waals surface area contributed by atoms with Crippen LogP contribution in [-0.2, 0) is 18.8 Å². The highest BCUT2D eigenvalue weighted by atomic mass is 35.7. The number of halogens is 1. The maximum atomic E-state index is 11.4. The van der Waals surface area contributed by atoms with Gasteiger partial charge in [0.1, 0.15) is 0 Å². The number of hydrogen-bond acceptors (Lipinski definition) is 4. The van der Waals surface area contributed by atoms with Crippen molar-refractivity contribution < 1.29 is 12.6 Å². The van der Waals surface area contributed by atoms with E-state index in [-0.39, 0.29) is 4.90 Å². The summed E-state index contributed by atoms with van der Waals surface area (Å²) in [4.78, 5) is -0.0472. The molecule has 0 heterocycles. The zero-order valence-corrected chi connectivity index (χ0v) is 10.6. The van der Waals surface area contributed by atoms with E-state index in [9.17, 15) is 12.6 Å². The molecule has 0 saturated carbocycles. The van der Waals surface area contributed by atoms with E-state index in [0.717, 1.165) is 0 Å². The number of rotatable bonds is 2. The second kappa shape index (κ2) is 4.11. The molecule has 0 aliphatic heterocycles. The highest BCUT2D eigenvalue weighted by molar-refractivity contribution is 8.13. The van der Waals surface area contributed by atoms with Crippen molar-refractivity contribution in [3.05, 3.63) is 24.3 Å². The summed E-state index contributed by atoms with van der Waals surface area (Å²) in [6.45, 7) is 0. The Morgan fingerprint density at radius 1 is 1.20 bits per heavy atom. The first kappa shape index (κ1) is 12.5. The number of benzene rings is 1. The fraction of sp³-hybridized carbons (Fsp3) is 0.250. The quantitative estimate of drug-likeness (QED) is 0.770. The van der Waals surface area contributed by atoms with Crippen LogP contribution in [0.25, 0.3) is 0 Å². The van der Waals surface area contributed by atoms with Gasteiger partial charge < -0.3 is 0 Å². The summed E-state index contributed by atoms with van der Waals surface area (Å²) in [5, 5.41) is 0. The van der Waals surface area contributed by atoms with Crippen LogP contribution in [0.4, 0.5) is 5.69 Å². The topological polar surface area (TPSA) is 63.6 Å². The molecular weight excluding hydrogens is 258 g/mol. The predicted octanol–water partition coefficient (Wildman–Crippen LogP) is 1.97. The first-order chi connectivity index (χ1) is 6.68. The van der Waals surface area contributed by atoms with Crippen LogP contribution in [0.2, 0.25) is 0 Å². The van der Waals surface area contributed by atoms with E-state index in [1.165, 1.54) is 30.7 Å². The molecule has 0 radical (unpaired) electrons. The molecule has 0 unspecified atom stereocenters. The van der Waals surface area contributed by atoms with Crippen LogP contribution in [0, 0.1) is 0 Å². The zero-order valence-electron chi connectivity index (χ0n) is 8.18. The molecule has 0 aliphatic carbocycles. The van der Waals surface area contributed by atoms with Crippen LogP contribution in [0.3, 0.4) is 0 Å². The molecule has 0 amide bonds. The van der Waals surface area contributed by atoms with E-state index in [4.69, 9.17) is 10.7 Å². The predicted molar refractivity (Wildman–Crippen MR) is 61.6 cm³/mol. The lowest BCUT2D eigenvalue weighted by molar-refractivity contribution is 0.609. The minimum Gasteiger partial charge on any atom is -0.250 e. The van der Waals surface area contributed by atoms with Gasteiger partial charge in [0.25, 0.3) is 9.05 Å². The van der Waals surface area contributed by atoms with E-state index in [1.807, 2.05) is 0 Å². The van der Waals surface area contributed by atoms with E-state index in [2.05, 4.69) is 4.36 Å². The van der Waals surface area contributed by atoms with E-state index >= 15 is 0 Å². The van der Waals surface area contributed by atoms with E-state index in [1.54, 1.807) is 6.07 Å². The molecule has 1 aromatic carbocycles. The third kappa shape index (κ3) is 4.19. The van der Waals surface area contributed by atoms with E-state index < -0.39 is 18.8 Å². The van der Waals surface area contributed by atoms with Crippen LogP contribution in [-0.4, -0.2) is 25.1 Å². The van der Waals surface area contributed by atoms with Crippen LogP contribution in [0.5, 0.6) is 0 Å². The van der Waals surface area contributed by atoms with Gasteiger partial charge in [0, 0.05) is 32.9 Å². The molecule has 0 N–H and O–H groups in total. The smallest absolute Gasteiger partial charge is 0.250 e. The first-order valence-corrected chi connectivity index (χ1v) is 8.54. The molecular formula is C8H10ClNO3S2. The van der Waals surface area contributed by atoms with Crippen molar-refractivity contribution in [2.24, 2.45) is 4.36 Å². The summed E-state index contributed by atoms with van der Waals surface area (Å²) >= 11 is 0. The maximum absolute atomic E-state index is 11.4. The van der Waals surface area contributed by atoms with Crippen molar-refractivity contribution in [1.29, 1.82) is 0 Å². The average molecular weight is 268 g/mol. The van der Waals surface area contributed by atoms with Gasteiger partial charge in [-0.05, 0) is 18.2 Å². The Morgan fingerprint density at radius 2 is 1.80 bits per heavy atom. The minimum absolute atomic E-state index is 0.0472. The van der Waals surface area contributed by atoms with Crippen LogP contribution < -0.4 is 0 Å². The lowest BCUT2D eigenvalue weighted by atomic mass is 10.3. The third-order valence-corrected chi connectivity index (χ3v) is 3.43. The average Bonchev–Trinajstić information content (AvgIpc) is 1.99. The van der Waals surface area contributed by atoms with Gasteiger partial charge in [-0.2, -0.15) is 4.36 Å².